The molecule has 0 bridgehead atoms. The summed E-state index contributed by atoms with van der Waals surface area (Å²) in [7, 11) is 0. The summed E-state index contributed by atoms with van der Waals surface area (Å²) in [5.41, 5.74) is 8.71. The van der Waals surface area contributed by atoms with Gasteiger partial charge in [0.1, 0.15) is 0 Å². The fraction of sp³-hybridized carbons (Fsp3) is 0.286. The fourth-order valence-corrected chi connectivity index (χ4v) is 3.53. The number of benzene rings is 2. The molecule has 1 heterocycles. The Hall–Kier alpha value is -3.15. The van der Waals surface area contributed by atoms with E-state index in [4.69, 9.17) is 5.73 Å². The van der Waals surface area contributed by atoms with Crippen LogP contribution in [0.25, 0.3) is 0 Å². The molecule has 6 heteroatoms. The summed E-state index contributed by atoms with van der Waals surface area (Å²) in [5.74, 6) is -0.678. The molecule has 3 N–H and O–H groups in total. The van der Waals surface area contributed by atoms with Crippen molar-refractivity contribution in [1.29, 1.82) is 0 Å². The molecule has 0 aromatic heterocycles. The summed E-state index contributed by atoms with van der Waals surface area (Å²) < 4.78 is 0. The van der Waals surface area contributed by atoms with E-state index in [1.54, 1.807) is 23.1 Å². The predicted octanol–water partition coefficient (Wildman–Crippen LogP) is 1.94. The van der Waals surface area contributed by atoms with Crippen molar-refractivity contribution >= 4 is 17.7 Å². The van der Waals surface area contributed by atoms with Gasteiger partial charge in [-0.05, 0) is 35.2 Å². The molecule has 1 atom stereocenters. The lowest BCUT2D eigenvalue weighted by Gasteiger charge is -2.36. The van der Waals surface area contributed by atoms with Gasteiger partial charge in [-0.15, -0.1) is 0 Å². The fourth-order valence-electron chi connectivity index (χ4n) is 3.53. The Morgan fingerprint density at radius 1 is 1.15 bits per heavy atom. The first-order valence-corrected chi connectivity index (χ1v) is 8.96. The maximum atomic E-state index is 12.5. The quantitative estimate of drug-likeness (QED) is 0.848. The third-order valence-electron chi connectivity index (χ3n) is 4.90. The Bertz CT molecular complexity index is 878. The number of nitrogens with two attached hydrogens (primary N) is 1. The van der Waals surface area contributed by atoms with Crippen LogP contribution in [0.15, 0.2) is 48.5 Å². The molecule has 0 aliphatic carbocycles. The van der Waals surface area contributed by atoms with Crippen molar-refractivity contribution in [2.24, 2.45) is 5.73 Å². The molecule has 1 aliphatic rings. The van der Waals surface area contributed by atoms with Gasteiger partial charge < -0.3 is 16.0 Å². The SMILES string of the molecule is CC(=O)N1CCc2ccccc2C1CC(=O)NCc1cccc(C(N)=O)c1. The zero-order valence-electron chi connectivity index (χ0n) is 15.3. The number of carbonyl (C=O) groups excluding carboxylic acids is 3. The second-order valence-corrected chi connectivity index (χ2v) is 6.72. The number of hydrogen-bond acceptors (Lipinski definition) is 3. The van der Waals surface area contributed by atoms with E-state index in [0.29, 0.717) is 18.7 Å². The van der Waals surface area contributed by atoms with Crippen LogP contribution in [0.1, 0.15) is 46.4 Å². The van der Waals surface area contributed by atoms with Crippen LogP contribution in [0.3, 0.4) is 0 Å². The summed E-state index contributed by atoms with van der Waals surface area (Å²) in [6.45, 7) is 2.45. The molecule has 3 amide bonds. The Kier molecular flexibility index (Phi) is 5.54. The average Bonchev–Trinajstić information content (AvgIpc) is 2.66. The standard InChI is InChI=1S/C21H23N3O3/c1-14(25)24-10-9-16-6-2-3-8-18(16)19(24)12-20(26)23-13-15-5-4-7-17(11-15)21(22)27/h2-8,11,19H,9-10,12-13H2,1H3,(H2,22,27)(H,23,26). The van der Waals surface area contributed by atoms with Gasteiger partial charge in [-0.1, -0.05) is 36.4 Å². The zero-order valence-corrected chi connectivity index (χ0v) is 15.3. The Morgan fingerprint density at radius 3 is 2.67 bits per heavy atom. The van der Waals surface area contributed by atoms with Crippen LogP contribution < -0.4 is 11.1 Å². The molecule has 140 valence electrons. The van der Waals surface area contributed by atoms with Crippen molar-refractivity contribution in [3.63, 3.8) is 0 Å². The van der Waals surface area contributed by atoms with E-state index in [1.165, 1.54) is 12.5 Å². The first-order valence-electron chi connectivity index (χ1n) is 8.96. The summed E-state index contributed by atoms with van der Waals surface area (Å²) in [6.07, 6.45) is 1.000. The average molecular weight is 365 g/mol. The van der Waals surface area contributed by atoms with Crippen molar-refractivity contribution < 1.29 is 14.4 Å². The van der Waals surface area contributed by atoms with E-state index >= 15 is 0 Å². The molecule has 0 radical (unpaired) electrons. The molecule has 27 heavy (non-hydrogen) atoms. The number of carbonyl (C=O) groups is 3. The molecular weight excluding hydrogens is 342 g/mol. The van der Waals surface area contributed by atoms with E-state index in [2.05, 4.69) is 5.32 Å². The van der Waals surface area contributed by atoms with Gasteiger partial charge in [-0.2, -0.15) is 0 Å². The Labute approximate surface area is 158 Å². The van der Waals surface area contributed by atoms with Crippen LogP contribution in [0.4, 0.5) is 0 Å². The van der Waals surface area contributed by atoms with Crippen LogP contribution >= 0.6 is 0 Å². The van der Waals surface area contributed by atoms with Crippen molar-refractivity contribution in [3.8, 4) is 0 Å². The van der Waals surface area contributed by atoms with Gasteiger partial charge in [-0.25, -0.2) is 0 Å². The number of primary amides is 1. The summed E-state index contributed by atoms with van der Waals surface area (Å²) in [5, 5.41) is 2.87. The molecule has 0 spiro atoms. The van der Waals surface area contributed by atoms with E-state index < -0.39 is 5.91 Å². The van der Waals surface area contributed by atoms with Gasteiger partial charge in [0.25, 0.3) is 0 Å². The van der Waals surface area contributed by atoms with Crippen LogP contribution in [-0.4, -0.2) is 29.2 Å². The lowest BCUT2D eigenvalue weighted by atomic mass is 9.90. The van der Waals surface area contributed by atoms with E-state index in [-0.39, 0.29) is 24.3 Å². The van der Waals surface area contributed by atoms with Gasteiger partial charge in [0.05, 0.1) is 12.5 Å². The Balaban J connectivity index is 1.69. The van der Waals surface area contributed by atoms with Crippen molar-refractivity contribution in [2.45, 2.75) is 32.4 Å². The highest BCUT2D eigenvalue weighted by molar-refractivity contribution is 5.92. The smallest absolute Gasteiger partial charge is 0.248 e. The van der Waals surface area contributed by atoms with Crippen molar-refractivity contribution in [2.75, 3.05) is 6.54 Å². The minimum Gasteiger partial charge on any atom is -0.366 e. The summed E-state index contributed by atoms with van der Waals surface area (Å²) in [6, 6.07) is 14.5. The minimum atomic E-state index is -0.501. The Morgan fingerprint density at radius 2 is 1.93 bits per heavy atom. The van der Waals surface area contributed by atoms with Crippen LogP contribution in [0.2, 0.25) is 0 Å². The number of nitrogens with zero attached hydrogens (tertiary/aromatic N) is 1. The molecular formula is C21H23N3O3. The molecule has 6 nitrogen and oxygen atoms in total. The number of nitrogens with one attached hydrogen (secondary N) is 1. The number of rotatable bonds is 5. The number of fused-ring (bicyclic) bond motifs is 1. The molecule has 0 saturated carbocycles. The first-order chi connectivity index (χ1) is 13.0. The van der Waals surface area contributed by atoms with E-state index in [9.17, 15) is 14.4 Å². The van der Waals surface area contributed by atoms with Gasteiger partial charge in [0, 0.05) is 25.6 Å². The second-order valence-electron chi connectivity index (χ2n) is 6.72. The third-order valence-corrected chi connectivity index (χ3v) is 4.90. The topological polar surface area (TPSA) is 92.5 Å². The monoisotopic (exact) mass is 365 g/mol. The summed E-state index contributed by atoms with van der Waals surface area (Å²) >= 11 is 0. The number of amides is 3. The third kappa shape index (κ3) is 4.34. The molecule has 0 saturated heterocycles. The molecule has 2 aromatic rings. The molecule has 1 aliphatic heterocycles. The highest BCUT2D eigenvalue weighted by Gasteiger charge is 2.30. The van der Waals surface area contributed by atoms with Gasteiger partial charge >= 0.3 is 0 Å². The minimum absolute atomic E-state index is 0.0311. The normalized spacial score (nSPS) is 15.7. The molecule has 1 unspecified atom stereocenters. The maximum Gasteiger partial charge on any atom is 0.248 e. The predicted molar refractivity (Wildman–Crippen MR) is 102 cm³/mol. The van der Waals surface area contributed by atoms with Crippen LogP contribution in [0, 0.1) is 0 Å². The molecule has 2 aromatic carbocycles. The first kappa shape index (κ1) is 18.6. The number of hydrogen-bond donors (Lipinski definition) is 2. The van der Waals surface area contributed by atoms with Crippen molar-refractivity contribution in [1.82, 2.24) is 10.2 Å². The van der Waals surface area contributed by atoms with Gasteiger partial charge in [-0.3, -0.25) is 14.4 Å². The maximum absolute atomic E-state index is 12.5. The highest BCUT2D eigenvalue weighted by atomic mass is 16.2. The largest absolute Gasteiger partial charge is 0.366 e. The van der Waals surface area contributed by atoms with E-state index in [0.717, 1.165) is 17.5 Å². The second kappa shape index (κ2) is 8.03. The molecule has 3 rings (SSSR count). The van der Waals surface area contributed by atoms with Crippen molar-refractivity contribution in [3.05, 3.63) is 70.8 Å². The summed E-state index contributed by atoms with van der Waals surface area (Å²) in [4.78, 5) is 37.6. The highest BCUT2D eigenvalue weighted by Crippen LogP contribution is 2.32. The van der Waals surface area contributed by atoms with Gasteiger partial charge in [0.15, 0.2) is 0 Å². The lowest BCUT2D eigenvalue weighted by Crippen LogP contribution is -2.41. The van der Waals surface area contributed by atoms with E-state index in [1.807, 2.05) is 30.3 Å². The zero-order chi connectivity index (χ0) is 19.4. The van der Waals surface area contributed by atoms with Crippen LogP contribution in [0.5, 0.6) is 0 Å². The van der Waals surface area contributed by atoms with Gasteiger partial charge in [0.2, 0.25) is 17.7 Å². The molecule has 0 fully saturated rings. The van der Waals surface area contributed by atoms with Crippen LogP contribution in [-0.2, 0) is 22.6 Å². The lowest BCUT2D eigenvalue weighted by molar-refractivity contribution is -0.133.